The summed E-state index contributed by atoms with van der Waals surface area (Å²) in [5, 5.41) is 10.0. The Kier molecular flexibility index (Phi) is 10.5. The molecule has 8 nitrogen and oxygen atoms in total. The molecule has 0 saturated carbocycles. The average molecular weight is 678 g/mol. The Bertz CT molecular complexity index is 1480. The van der Waals surface area contributed by atoms with Crippen LogP contribution in [0.2, 0.25) is 0 Å². The molecule has 43 heavy (non-hydrogen) atoms. The van der Waals surface area contributed by atoms with Crippen LogP contribution in [0.1, 0.15) is 26.3 Å². The van der Waals surface area contributed by atoms with Crippen LogP contribution in [0.25, 0.3) is 0 Å². The standard InChI is InChI=1S/C26H33F6N3O5S3/c1-18(2)14-34(42(37,38)17-25(27,28)29)16-21-15-33(43(39,40)23-7-5-4-6-22(23)41)12-13-35(21)20-10-8-19(9-11-20)24(3,36)26(30,31)32/h4-11,18,21,36,41H,12-17H2,1-3H3/t21-,24-/m1/s1. The lowest BCUT2D eigenvalue weighted by Crippen LogP contribution is -2.59. The van der Waals surface area contributed by atoms with Crippen molar-refractivity contribution in [1.29, 1.82) is 0 Å². The first-order valence-corrected chi connectivity index (χ1v) is 16.5. The summed E-state index contributed by atoms with van der Waals surface area (Å²) in [5.74, 6) is -2.50. The highest BCUT2D eigenvalue weighted by Crippen LogP contribution is 2.39. The van der Waals surface area contributed by atoms with Gasteiger partial charge in [0, 0.05) is 43.3 Å². The van der Waals surface area contributed by atoms with E-state index in [4.69, 9.17) is 0 Å². The number of rotatable bonds is 10. The molecule has 1 heterocycles. The fraction of sp³-hybridized carbons (Fsp3) is 0.538. The summed E-state index contributed by atoms with van der Waals surface area (Å²) in [5.41, 5.74) is -3.38. The van der Waals surface area contributed by atoms with E-state index in [9.17, 15) is 48.3 Å². The van der Waals surface area contributed by atoms with E-state index in [0.29, 0.717) is 11.2 Å². The van der Waals surface area contributed by atoms with Gasteiger partial charge in [-0.2, -0.15) is 35.0 Å². The normalized spacial score (nSPS) is 19.2. The van der Waals surface area contributed by atoms with Gasteiger partial charge in [0.05, 0.1) is 10.9 Å². The molecule has 0 unspecified atom stereocenters. The predicted octanol–water partition coefficient (Wildman–Crippen LogP) is 4.47. The van der Waals surface area contributed by atoms with Gasteiger partial charge in [-0.05, 0) is 42.7 Å². The number of hydrogen-bond acceptors (Lipinski definition) is 7. The Hall–Kier alpha value is -2.05. The Morgan fingerprint density at radius 2 is 1.56 bits per heavy atom. The number of piperazine rings is 1. The molecule has 1 aliphatic heterocycles. The third-order valence-electron chi connectivity index (χ3n) is 6.96. The van der Waals surface area contributed by atoms with Gasteiger partial charge in [0.15, 0.2) is 11.4 Å². The molecular formula is C26H33F6N3O5S3. The number of anilines is 1. The topological polar surface area (TPSA) is 98.2 Å². The molecular weight excluding hydrogens is 644 g/mol. The second-order valence-electron chi connectivity index (χ2n) is 10.9. The number of thiol groups is 1. The zero-order chi connectivity index (χ0) is 32.6. The first-order chi connectivity index (χ1) is 19.6. The van der Waals surface area contributed by atoms with Gasteiger partial charge in [0.25, 0.3) is 0 Å². The van der Waals surface area contributed by atoms with Crippen LogP contribution in [-0.2, 0) is 25.6 Å². The molecule has 1 fully saturated rings. The van der Waals surface area contributed by atoms with Gasteiger partial charge in [-0.3, -0.25) is 0 Å². The second-order valence-corrected chi connectivity index (χ2v) is 15.2. The number of benzene rings is 2. The lowest BCUT2D eigenvalue weighted by atomic mass is 9.95. The van der Waals surface area contributed by atoms with Crippen molar-refractivity contribution in [3.05, 3.63) is 54.1 Å². The highest BCUT2D eigenvalue weighted by atomic mass is 32.2. The van der Waals surface area contributed by atoms with Crippen molar-refractivity contribution in [1.82, 2.24) is 8.61 Å². The van der Waals surface area contributed by atoms with Crippen LogP contribution in [0.5, 0.6) is 0 Å². The lowest BCUT2D eigenvalue weighted by molar-refractivity contribution is -0.258. The molecule has 2 aromatic rings. The van der Waals surface area contributed by atoms with Crippen molar-refractivity contribution < 1.29 is 48.3 Å². The lowest BCUT2D eigenvalue weighted by Gasteiger charge is -2.44. The first-order valence-electron chi connectivity index (χ1n) is 13.1. The van der Waals surface area contributed by atoms with Gasteiger partial charge in [0.1, 0.15) is 0 Å². The Balaban J connectivity index is 2.05. The third kappa shape index (κ3) is 8.36. The number of nitrogens with zero attached hydrogens (tertiary/aromatic N) is 3. The van der Waals surface area contributed by atoms with Gasteiger partial charge < -0.3 is 10.0 Å². The third-order valence-corrected chi connectivity index (χ3v) is 11.2. The molecule has 3 rings (SSSR count). The highest BCUT2D eigenvalue weighted by Gasteiger charge is 2.51. The van der Waals surface area contributed by atoms with E-state index in [0.717, 1.165) is 16.4 Å². The van der Waals surface area contributed by atoms with E-state index in [2.05, 4.69) is 12.6 Å². The van der Waals surface area contributed by atoms with Crippen molar-refractivity contribution in [2.24, 2.45) is 5.92 Å². The van der Waals surface area contributed by atoms with E-state index in [1.165, 1.54) is 30.3 Å². The molecule has 1 N–H and O–H groups in total. The van der Waals surface area contributed by atoms with Crippen LogP contribution in [0.4, 0.5) is 32.0 Å². The number of alkyl halides is 6. The average Bonchev–Trinajstić information content (AvgIpc) is 2.86. The van der Waals surface area contributed by atoms with Gasteiger partial charge in [-0.15, -0.1) is 12.6 Å². The van der Waals surface area contributed by atoms with Crippen LogP contribution in [0, 0.1) is 5.92 Å². The molecule has 0 amide bonds. The number of hydrogen-bond donors (Lipinski definition) is 2. The molecule has 2 atom stereocenters. The van der Waals surface area contributed by atoms with Crippen molar-refractivity contribution in [3.63, 3.8) is 0 Å². The van der Waals surface area contributed by atoms with Crippen LogP contribution in [0.3, 0.4) is 0 Å². The highest BCUT2D eigenvalue weighted by molar-refractivity contribution is 7.90. The fourth-order valence-electron chi connectivity index (χ4n) is 4.74. The summed E-state index contributed by atoms with van der Waals surface area (Å²) in [4.78, 5) is 1.58. The van der Waals surface area contributed by atoms with Gasteiger partial charge in [-0.25, -0.2) is 16.8 Å². The summed E-state index contributed by atoms with van der Waals surface area (Å²) >= 11 is 4.22. The number of aliphatic hydroxyl groups is 1. The molecule has 0 bridgehead atoms. The summed E-state index contributed by atoms with van der Waals surface area (Å²) in [6.07, 6.45) is -10.0. The Labute approximate surface area is 252 Å². The monoisotopic (exact) mass is 677 g/mol. The van der Waals surface area contributed by atoms with Gasteiger partial charge in [-0.1, -0.05) is 38.1 Å². The summed E-state index contributed by atoms with van der Waals surface area (Å²) < 4.78 is 134. The zero-order valence-electron chi connectivity index (χ0n) is 23.5. The van der Waals surface area contributed by atoms with Crippen LogP contribution >= 0.6 is 12.6 Å². The molecule has 0 spiro atoms. The van der Waals surface area contributed by atoms with Gasteiger partial charge >= 0.3 is 12.4 Å². The quantitative estimate of drug-likeness (QED) is 0.285. The molecule has 242 valence electrons. The number of sulfonamides is 2. The van der Waals surface area contributed by atoms with Crippen LogP contribution in [0.15, 0.2) is 58.3 Å². The maximum absolute atomic E-state index is 13.5. The molecule has 2 aromatic carbocycles. The number of halogens is 6. The minimum atomic E-state index is -5.03. The molecule has 0 aliphatic carbocycles. The molecule has 17 heteroatoms. The van der Waals surface area contributed by atoms with Crippen molar-refractivity contribution in [3.8, 4) is 0 Å². The van der Waals surface area contributed by atoms with Crippen molar-refractivity contribution in [2.75, 3.05) is 43.4 Å². The summed E-state index contributed by atoms with van der Waals surface area (Å²) in [7, 11) is -9.06. The minimum absolute atomic E-state index is 0.0670. The van der Waals surface area contributed by atoms with Crippen molar-refractivity contribution in [2.45, 2.75) is 54.6 Å². The Morgan fingerprint density at radius 1 is 0.977 bits per heavy atom. The molecule has 0 aromatic heterocycles. The first kappa shape index (κ1) is 35.4. The van der Waals surface area contributed by atoms with E-state index >= 15 is 0 Å². The second kappa shape index (κ2) is 12.7. The molecule has 1 saturated heterocycles. The van der Waals surface area contributed by atoms with E-state index < -0.39 is 61.9 Å². The smallest absolute Gasteiger partial charge is 0.376 e. The minimum Gasteiger partial charge on any atom is -0.376 e. The maximum Gasteiger partial charge on any atom is 0.421 e. The maximum atomic E-state index is 13.5. The summed E-state index contributed by atoms with van der Waals surface area (Å²) in [6.45, 7) is 2.45. The summed E-state index contributed by atoms with van der Waals surface area (Å²) in [6, 6.07) is 9.42. The van der Waals surface area contributed by atoms with E-state index in [1.807, 2.05) is 0 Å². The van der Waals surface area contributed by atoms with E-state index in [1.54, 1.807) is 24.8 Å². The van der Waals surface area contributed by atoms with Crippen LogP contribution in [-0.4, -0.2) is 87.4 Å². The Morgan fingerprint density at radius 3 is 2.07 bits per heavy atom. The largest absolute Gasteiger partial charge is 0.421 e. The molecule has 1 aliphatic rings. The van der Waals surface area contributed by atoms with Crippen molar-refractivity contribution >= 4 is 38.4 Å². The predicted molar refractivity (Wildman–Crippen MR) is 152 cm³/mol. The zero-order valence-corrected chi connectivity index (χ0v) is 26.0. The SMILES string of the molecule is CC(C)CN(C[C@H]1CN(S(=O)(=O)c2ccccc2S)CCN1c1ccc([C@@](C)(O)C(F)(F)F)cc1)S(=O)(=O)CC(F)(F)F. The van der Waals surface area contributed by atoms with Gasteiger partial charge in [0.2, 0.25) is 20.0 Å². The molecule has 0 radical (unpaired) electrons. The fourth-order valence-corrected chi connectivity index (χ4v) is 8.32. The van der Waals surface area contributed by atoms with E-state index in [-0.39, 0.29) is 47.6 Å². The van der Waals surface area contributed by atoms with Crippen LogP contribution < -0.4 is 4.90 Å².